The largest absolute Gasteiger partial charge is 0.288 e. The molecule has 0 aliphatic rings. The van der Waals surface area contributed by atoms with E-state index in [2.05, 4.69) is 208 Å². The number of imidazole rings is 1. The van der Waals surface area contributed by atoms with Gasteiger partial charge in [0.25, 0.3) is 0 Å². The van der Waals surface area contributed by atoms with Gasteiger partial charge < -0.3 is 0 Å². The van der Waals surface area contributed by atoms with Crippen LogP contribution in [-0.4, -0.2) is 33.6 Å². The molecule has 0 aliphatic heterocycles. The molecule has 0 aliphatic carbocycles. The van der Waals surface area contributed by atoms with Crippen LogP contribution < -0.4 is 0 Å². The van der Waals surface area contributed by atoms with Crippen molar-refractivity contribution in [3.63, 3.8) is 0 Å². The van der Waals surface area contributed by atoms with Crippen LogP contribution in [0.3, 0.4) is 0 Å². The van der Waals surface area contributed by atoms with Gasteiger partial charge in [-0.1, -0.05) is 164 Å². The van der Waals surface area contributed by atoms with E-state index in [0.29, 0.717) is 23.5 Å². The zero-order valence-electron chi connectivity index (χ0n) is 31.7. The second-order valence-corrected chi connectivity index (χ2v) is 14.7. The molecule has 8 aromatic carbocycles. The molecule has 12 aromatic rings. The molecule has 0 fully saturated rings. The van der Waals surface area contributed by atoms with Crippen molar-refractivity contribution in [1.82, 2.24) is 33.6 Å². The topological polar surface area (TPSA) is 66.3 Å². The van der Waals surface area contributed by atoms with E-state index < -0.39 is 0 Å². The minimum absolute atomic E-state index is 0.451. The molecule has 12 rings (SSSR count). The van der Waals surface area contributed by atoms with Crippen molar-refractivity contribution in [2.45, 2.75) is 0 Å². The molecule has 4 heterocycles. The van der Waals surface area contributed by atoms with Gasteiger partial charge in [-0.15, -0.1) is 0 Å². The molecule has 0 amide bonds. The predicted molar refractivity (Wildman–Crippen MR) is 239 cm³/mol. The molecule has 0 bridgehead atoms. The van der Waals surface area contributed by atoms with Crippen LogP contribution in [0.25, 0.3) is 106 Å². The van der Waals surface area contributed by atoms with Gasteiger partial charge >= 0.3 is 0 Å². The van der Waals surface area contributed by atoms with Gasteiger partial charge in [-0.25, -0.2) is 4.98 Å². The van der Waals surface area contributed by atoms with Gasteiger partial charge in [-0.2, -0.15) is 15.0 Å². The van der Waals surface area contributed by atoms with Crippen molar-refractivity contribution in [3.8, 4) is 51.5 Å². The molecule has 0 radical (unpaired) electrons. The summed E-state index contributed by atoms with van der Waals surface area (Å²) in [7, 11) is 0. The maximum atomic E-state index is 5.45. The minimum atomic E-state index is 0.451. The second-order valence-electron chi connectivity index (χ2n) is 14.7. The monoisotopic (exact) mass is 755 g/mol. The molecule has 4 aromatic heterocycles. The van der Waals surface area contributed by atoms with Crippen LogP contribution in [0, 0.1) is 0 Å². The first-order valence-corrected chi connectivity index (χ1v) is 19.8. The van der Waals surface area contributed by atoms with Gasteiger partial charge in [0, 0.05) is 32.7 Å². The fourth-order valence-electron chi connectivity index (χ4n) is 8.82. The van der Waals surface area contributed by atoms with Gasteiger partial charge in [-0.05, 0) is 47.5 Å². The number of fused-ring (bicyclic) bond motifs is 7. The van der Waals surface area contributed by atoms with Crippen LogP contribution in [0.15, 0.2) is 200 Å². The summed E-state index contributed by atoms with van der Waals surface area (Å²) in [5.41, 5.74) is 11.1. The fourth-order valence-corrected chi connectivity index (χ4v) is 8.82. The van der Waals surface area contributed by atoms with Gasteiger partial charge in [0.15, 0.2) is 5.82 Å². The molecule has 0 saturated carbocycles. The molecule has 7 heteroatoms. The van der Waals surface area contributed by atoms with Crippen LogP contribution in [0.2, 0.25) is 0 Å². The number of benzene rings is 8. The van der Waals surface area contributed by atoms with Gasteiger partial charge in [0.2, 0.25) is 17.7 Å². The van der Waals surface area contributed by atoms with E-state index in [-0.39, 0.29) is 0 Å². The predicted octanol–water partition coefficient (Wildman–Crippen LogP) is 12.4. The summed E-state index contributed by atoms with van der Waals surface area (Å²) < 4.78 is 6.57. The molecule has 276 valence electrons. The first kappa shape index (κ1) is 33.0. The van der Waals surface area contributed by atoms with E-state index in [1.54, 1.807) is 0 Å². The van der Waals surface area contributed by atoms with E-state index in [1.807, 2.05) is 6.07 Å². The average Bonchev–Trinajstić information content (AvgIpc) is 3.97. The van der Waals surface area contributed by atoms with E-state index in [9.17, 15) is 0 Å². The zero-order valence-corrected chi connectivity index (χ0v) is 31.7. The number of hydrogen-bond acceptors (Lipinski definition) is 4. The van der Waals surface area contributed by atoms with Crippen LogP contribution in [0.1, 0.15) is 0 Å². The van der Waals surface area contributed by atoms with Crippen molar-refractivity contribution in [2.75, 3.05) is 0 Å². The lowest BCUT2D eigenvalue weighted by molar-refractivity contribution is 0.881. The SMILES string of the molecule is c1ccc(-c2cccc(-c3ccccc3)c2-n2c(-c3nc(-n4c5ccccc5c5ccccc54)nc(-n4c5ccccc5c5ccccc54)n3)nc3ccccc32)cc1. The Morgan fingerprint density at radius 1 is 0.288 bits per heavy atom. The number of para-hydroxylation sites is 7. The maximum Gasteiger partial charge on any atom is 0.240 e. The number of nitrogens with zero attached hydrogens (tertiary/aromatic N) is 7. The van der Waals surface area contributed by atoms with Gasteiger partial charge in [0.1, 0.15) is 0 Å². The van der Waals surface area contributed by atoms with E-state index in [0.717, 1.165) is 82.6 Å². The molecular formula is C52H33N7. The molecule has 7 nitrogen and oxygen atoms in total. The van der Waals surface area contributed by atoms with Crippen LogP contribution in [0.4, 0.5) is 0 Å². The van der Waals surface area contributed by atoms with Crippen molar-refractivity contribution in [2.24, 2.45) is 0 Å². The van der Waals surface area contributed by atoms with Crippen molar-refractivity contribution in [3.05, 3.63) is 200 Å². The van der Waals surface area contributed by atoms with Crippen molar-refractivity contribution >= 4 is 54.6 Å². The molecule has 0 spiro atoms. The van der Waals surface area contributed by atoms with E-state index >= 15 is 0 Å². The van der Waals surface area contributed by atoms with E-state index in [4.69, 9.17) is 19.9 Å². The summed E-state index contributed by atoms with van der Waals surface area (Å²) in [6.45, 7) is 0. The Bertz CT molecular complexity index is 3260. The summed E-state index contributed by atoms with van der Waals surface area (Å²) in [6.07, 6.45) is 0. The van der Waals surface area contributed by atoms with Crippen LogP contribution in [0.5, 0.6) is 0 Å². The Morgan fingerprint density at radius 2 is 0.678 bits per heavy atom. The lowest BCUT2D eigenvalue weighted by Gasteiger charge is -2.19. The third kappa shape index (κ3) is 5.15. The summed E-state index contributed by atoms with van der Waals surface area (Å²) in [4.78, 5) is 21.7. The average molecular weight is 756 g/mol. The number of rotatable bonds is 6. The third-order valence-corrected chi connectivity index (χ3v) is 11.4. The smallest absolute Gasteiger partial charge is 0.240 e. The highest BCUT2D eigenvalue weighted by atomic mass is 15.3. The van der Waals surface area contributed by atoms with Crippen molar-refractivity contribution in [1.29, 1.82) is 0 Å². The maximum absolute atomic E-state index is 5.45. The van der Waals surface area contributed by atoms with Crippen LogP contribution in [-0.2, 0) is 0 Å². The van der Waals surface area contributed by atoms with E-state index in [1.165, 1.54) is 0 Å². The minimum Gasteiger partial charge on any atom is -0.288 e. The highest BCUT2D eigenvalue weighted by Gasteiger charge is 2.26. The Balaban J connectivity index is 1.23. The van der Waals surface area contributed by atoms with Gasteiger partial charge in [-0.3, -0.25) is 13.7 Å². The molecule has 0 N–H and O–H groups in total. The lowest BCUT2D eigenvalue weighted by Crippen LogP contribution is -2.12. The Kier molecular flexibility index (Phi) is 7.40. The standard InChI is InChI=1S/C52H33N7/c1-3-18-34(19-4-1)36-26-17-27-37(35-20-5-2-6-21-35)48(36)59-47-33-16-11-28-42(47)53-50(59)49-54-51(57-43-29-12-7-22-38(43)39-23-8-13-30-44(39)57)56-52(55-49)58-45-31-14-9-24-40(45)41-25-10-15-32-46(41)58/h1-33H. The normalized spacial score (nSPS) is 11.7. The quantitative estimate of drug-likeness (QED) is 0.169. The van der Waals surface area contributed by atoms with Crippen molar-refractivity contribution < 1.29 is 0 Å². The first-order chi connectivity index (χ1) is 29.3. The Hall–Kier alpha value is -8.16. The third-order valence-electron chi connectivity index (χ3n) is 11.4. The molecule has 0 saturated heterocycles. The van der Waals surface area contributed by atoms with Crippen LogP contribution >= 0.6 is 0 Å². The second kappa shape index (κ2) is 13.2. The highest BCUT2D eigenvalue weighted by molar-refractivity contribution is 6.10. The number of hydrogen-bond donors (Lipinski definition) is 0. The molecule has 0 atom stereocenters. The molecule has 0 unspecified atom stereocenters. The summed E-state index contributed by atoms with van der Waals surface area (Å²) in [5.74, 6) is 2.06. The fraction of sp³-hybridized carbons (Fsp3) is 0. The lowest BCUT2D eigenvalue weighted by atomic mass is 9.95. The summed E-state index contributed by atoms with van der Waals surface area (Å²) >= 11 is 0. The van der Waals surface area contributed by atoms with Gasteiger partial charge in [0.05, 0.1) is 38.8 Å². The summed E-state index contributed by atoms with van der Waals surface area (Å²) in [6, 6.07) is 69.7. The number of aromatic nitrogens is 7. The summed E-state index contributed by atoms with van der Waals surface area (Å²) in [5, 5.41) is 4.50. The molecule has 59 heavy (non-hydrogen) atoms. The highest BCUT2D eigenvalue weighted by Crippen LogP contribution is 2.41. The molecular weight excluding hydrogens is 723 g/mol. The first-order valence-electron chi connectivity index (χ1n) is 19.8. The Morgan fingerprint density at radius 3 is 1.14 bits per heavy atom. The Labute approximate surface area is 338 Å². The zero-order chi connectivity index (χ0) is 38.9.